The van der Waals surface area contributed by atoms with Crippen LogP contribution >= 0.6 is 0 Å². The summed E-state index contributed by atoms with van der Waals surface area (Å²) in [6.45, 7) is 1.50. The van der Waals surface area contributed by atoms with Crippen LogP contribution in [0.5, 0.6) is 5.75 Å². The SMILES string of the molecule is CCC(=O)Oc1ccc(F)c(F)c1F. The zero-order valence-corrected chi connectivity index (χ0v) is 7.31. The zero-order chi connectivity index (χ0) is 10.7. The summed E-state index contributed by atoms with van der Waals surface area (Å²) in [7, 11) is 0. The molecule has 0 aliphatic rings. The lowest BCUT2D eigenvalue weighted by Crippen LogP contribution is -2.08. The van der Waals surface area contributed by atoms with Crippen molar-refractivity contribution in [2.24, 2.45) is 0 Å². The number of halogens is 3. The molecule has 76 valence electrons. The highest BCUT2D eigenvalue weighted by Crippen LogP contribution is 2.21. The van der Waals surface area contributed by atoms with Crippen molar-refractivity contribution in [3.8, 4) is 5.75 Å². The van der Waals surface area contributed by atoms with E-state index in [1.165, 1.54) is 6.92 Å². The summed E-state index contributed by atoms with van der Waals surface area (Å²) in [4.78, 5) is 10.7. The molecule has 0 amide bonds. The Morgan fingerprint density at radius 2 is 1.93 bits per heavy atom. The number of rotatable bonds is 2. The van der Waals surface area contributed by atoms with Crippen LogP contribution in [0.25, 0.3) is 0 Å². The molecule has 1 aromatic rings. The van der Waals surface area contributed by atoms with Crippen LogP contribution in [0.15, 0.2) is 12.1 Å². The standard InChI is InChI=1S/C9H7F3O2/c1-2-7(13)14-6-4-3-5(10)8(11)9(6)12/h3-4H,2H2,1H3. The van der Waals surface area contributed by atoms with Crippen molar-refractivity contribution in [2.75, 3.05) is 0 Å². The van der Waals surface area contributed by atoms with Gasteiger partial charge in [-0.2, -0.15) is 4.39 Å². The van der Waals surface area contributed by atoms with Gasteiger partial charge in [0.05, 0.1) is 0 Å². The molecule has 0 aromatic heterocycles. The van der Waals surface area contributed by atoms with E-state index in [-0.39, 0.29) is 6.42 Å². The lowest BCUT2D eigenvalue weighted by Gasteiger charge is -2.04. The average molecular weight is 204 g/mol. The molecule has 0 heterocycles. The van der Waals surface area contributed by atoms with Gasteiger partial charge < -0.3 is 4.74 Å². The Hall–Kier alpha value is -1.52. The van der Waals surface area contributed by atoms with Crippen molar-refractivity contribution in [3.05, 3.63) is 29.6 Å². The van der Waals surface area contributed by atoms with Gasteiger partial charge in [0.15, 0.2) is 17.4 Å². The van der Waals surface area contributed by atoms with Crippen molar-refractivity contribution in [3.63, 3.8) is 0 Å². The van der Waals surface area contributed by atoms with Gasteiger partial charge in [0.25, 0.3) is 0 Å². The lowest BCUT2D eigenvalue weighted by atomic mass is 10.3. The Morgan fingerprint density at radius 1 is 1.29 bits per heavy atom. The summed E-state index contributed by atoms with van der Waals surface area (Å²) in [5, 5.41) is 0. The summed E-state index contributed by atoms with van der Waals surface area (Å²) in [5.41, 5.74) is 0. The Morgan fingerprint density at radius 3 is 2.50 bits per heavy atom. The van der Waals surface area contributed by atoms with E-state index >= 15 is 0 Å². The fraction of sp³-hybridized carbons (Fsp3) is 0.222. The van der Waals surface area contributed by atoms with Gasteiger partial charge in [0.1, 0.15) is 0 Å². The Labute approximate surface area is 78.3 Å². The number of esters is 1. The van der Waals surface area contributed by atoms with Gasteiger partial charge in [-0.1, -0.05) is 6.92 Å². The van der Waals surface area contributed by atoms with Gasteiger partial charge >= 0.3 is 5.97 Å². The number of ether oxygens (including phenoxy) is 1. The molecule has 0 aliphatic heterocycles. The molecule has 1 rings (SSSR count). The molecule has 0 atom stereocenters. The van der Waals surface area contributed by atoms with E-state index in [0.29, 0.717) is 6.07 Å². The molecule has 5 heteroatoms. The molecular weight excluding hydrogens is 197 g/mol. The molecule has 0 unspecified atom stereocenters. The molecule has 0 spiro atoms. The Balaban J connectivity index is 3.00. The first-order valence-electron chi connectivity index (χ1n) is 3.90. The highest BCUT2D eigenvalue weighted by Gasteiger charge is 2.16. The number of hydrogen-bond acceptors (Lipinski definition) is 2. The summed E-state index contributed by atoms with van der Waals surface area (Å²) >= 11 is 0. The zero-order valence-electron chi connectivity index (χ0n) is 7.31. The van der Waals surface area contributed by atoms with E-state index in [9.17, 15) is 18.0 Å². The van der Waals surface area contributed by atoms with E-state index in [2.05, 4.69) is 4.74 Å². The molecule has 2 nitrogen and oxygen atoms in total. The second kappa shape index (κ2) is 4.13. The molecule has 0 saturated heterocycles. The van der Waals surface area contributed by atoms with Crippen molar-refractivity contribution >= 4 is 5.97 Å². The molecule has 0 radical (unpaired) electrons. The fourth-order valence-electron chi connectivity index (χ4n) is 0.782. The maximum atomic E-state index is 12.9. The maximum absolute atomic E-state index is 12.9. The molecular formula is C9H7F3O2. The van der Waals surface area contributed by atoms with Crippen molar-refractivity contribution in [1.82, 2.24) is 0 Å². The predicted octanol–water partition coefficient (Wildman–Crippen LogP) is 2.42. The molecule has 0 aliphatic carbocycles. The van der Waals surface area contributed by atoms with Gasteiger partial charge in [-0.3, -0.25) is 4.79 Å². The highest BCUT2D eigenvalue weighted by molar-refractivity contribution is 5.71. The molecule has 14 heavy (non-hydrogen) atoms. The first-order chi connectivity index (χ1) is 6.56. The van der Waals surface area contributed by atoms with Crippen LogP contribution in [0.1, 0.15) is 13.3 Å². The summed E-state index contributed by atoms with van der Waals surface area (Å²) in [6, 6.07) is 1.55. The van der Waals surface area contributed by atoms with Gasteiger partial charge in [0.2, 0.25) is 5.82 Å². The highest BCUT2D eigenvalue weighted by atomic mass is 19.2. The number of carbonyl (C=O) groups excluding carboxylic acids is 1. The summed E-state index contributed by atoms with van der Waals surface area (Å²) < 4.78 is 42.3. The minimum absolute atomic E-state index is 0.0262. The van der Waals surface area contributed by atoms with Crippen LogP contribution in [0.3, 0.4) is 0 Å². The van der Waals surface area contributed by atoms with E-state index in [4.69, 9.17) is 0 Å². The summed E-state index contributed by atoms with van der Waals surface area (Å²) in [6.07, 6.45) is 0.0262. The Kier molecular flexibility index (Phi) is 3.11. The predicted molar refractivity (Wildman–Crippen MR) is 42.2 cm³/mol. The van der Waals surface area contributed by atoms with Crippen LogP contribution in [-0.4, -0.2) is 5.97 Å². The number of carbonyl (C=O) groups is 1. The molecule has 0 bridgehead atoms. The minimum atomic E-state index is -1.65. The first-order valence-corrected chi connectivity index (χ1v) is 3.90. The average Bonchev–Trinajstić information content (AvgIpc) is 2.19. The largest absolute Gasteiger partial charge is 0.423 e. The third-order valence-corrected chi connectivity index (χ3v) is 1.51. The van der Waals surface area contributed by atoms with Crippen LogP contribution < -0.4 is 4.74 Å². The molecule has 0 N–H and O–H groups in total. The molecule has 0 saturated carbocycles. The van der Waals surface area contributed by atoms with Crippen LogP contribution in [-0.2, 0) is 4.79 Å². The van der Waals surface area contributed by atoms with Crippen LogP contribution in [0, 0.1) is 17.5 Å². The van der Waals surface area contributed by atoms with Gasteiger partial charge in [-0.05, 0) is 12.1 Å². The maximum Gasteiger partial charge on any atom is 0.311 e. The minimum Gasteiger partial charge on any atom is -0.423 e. The van der Waals surface area contributed by atoms with Gasteiger partial charge in [-0.25, -0.2) is 8.78 Å². The fourth-order valence-corrected chi connectivity index (χ4v) is 0.782. The molecule has 0 fully saturated rings. The normalized spacial score (nSPS) is 10.0. The van der Waals surface area contributed by atoms with Crippen molar-refractivity contribution in [1.29, 1.82) is 0 Å². The lowest BCUT2D eigenvalue weighted by molar-refractivity contribution is -0.134. The van der Waals surface area contributed by atoms with Crippen LogP contribution in [0.2, 0.25) is 0 Å². The number of hydrogen-bond donors (Lipinski definition) is 0. The first kappa shape index (κ1) is 10.6. The quantitative estimate of drug-likeness (QED) is 0.420. The molecule has 1 aromatic carbocycles. The van der Waals surface area contributed by atoms with Gasteiger partial charge in [0, 0.05) is 6.42 Å². The summed E-state index contributed by atoms with van der Waals surface area (Å²) in [5.74, 6) is -5.78. The van der Waals surface area contributed by atoms with E-state index in [1.807, 2.05) is 0 Å². The van der Waals surface area contributed by atoms with E-state index < -0.39 is 29.2 Å². The second-order valence-corrected chi connectivity index (χ2v) is 2.50. The third-order valence-electron chi connectivity index (χ3n) is 1.51. The van der Waals surface area contributed by atoms with E-state index in [1.54, 1.807) is 0 Å². The Bertz CT molecular complexity index is 363. The second-order valence-electron chi connectivity index (χ2n) is 2.50. The van der Waals surface area contributed by atoms with E-state index in [0.717, 1.165) is 6.07 Å². The smallest absolute Gasteiger partial charge is 0.311 e. The topological polar surface area (TPSA) is 26.3 Å². The number of benzene rings is 1. The monoisotopic (exact) mass is 204 g/mol. The van der Waals surface area contributed by atoms with Crippen LogP contribution in [0.4, 0.5) is 13.2 Å². The van der Waals surface area contributed by atoms with Crippen molar-refractivity contribution < 1.29 is 22.7 Å². The van der Waals surface area contributed by atoms with Gasteiger partial charge in [-0.15, -0.1) is 0 Å². The third kappa shape index (κ3) is 2.04. The van der Waals surface area contributed by atoms with Crippen molar-refractivity contribution in [2.45, 2.75) is 13.3 Å².